The summed E-state index contributed by atoms with van der Waals surface area (Å²) in [6, 6.07) is 17.4. The Morgan fingerprint density at radius 3 is 2.48 bits per heavy atom. The average molecular weight is 547 g/mol. The van der Waals surface area contributed by atoms with Crippen molar-refractivity contribution >= 4 is 29.0 Å². The Morgan fingerprint density at radius 2 is 1.70 bits per heavy atom. The van der Waals surface area contributed by atoms with Crippen molar-refractivity contribution in [2.75, 3.05) is 55.5 Å². The van der Waals surface area contributed by atoms with E-state index in [2.05, 4.69) is 33.1 Å². The summed E-state index contributed by atoms with van der Waals surface area (Å²) in [7, 11) is 0. The fraction of sp³-hybridized carbons (Fsp3) is 0.387. The monoisotopic (exact) mass is 546 g/mol. The Bertz CT molecular complexity index is 1280. The van der Waals surface area contributed by atoms with Crippen LogP contribution in [0, 0.1) is 6.92 Å². The molecule has 0 atom stereocenters. The Kier molecular flexibility index (Phi) is 10.9. The third kappa shape index (κ3) is 9.07. The lowest BCUT2D eigenvalue weighted by Gasteiger charge is -2.11. The zero-order chi connectivity index (χ0) is 28.2. The number of unbranched alkanes of at least 4 members (excludes halogenated alkanes) is 2. The second-order valence-corrected chi connectivity index (χ2v) is 9.69. The number of fused-ring (bicyclic) bond motifs is 1. The number of nitrogens with zero attached hydrogens (tertiary/aromatic N) is 1. The summed E-state index contributed by atoms with van der Waals surface area (Å²) >= 11 is 0. The van der Waals surface area contributed by atoms with E-state index in [4.69, 9.17) is 14.2 Å². The standard InChI is InChI=1S/C31H38N4O5/c1-22-28(24-6-12-29-25(20-24)21-31(37)35-29)11-13-30(33-22)32-14-17-39-19-18-38-15-4-3-5-16-40-27-9-7-26(8-10-27)34-23(2)36/h6-13,20H,3-5,14-19,21H2,1-2H3,(H,32,33)(H,34,36)(H,35,37). The molecule has 0 aliphatic carbocycles. The number of pyridine rings is 1. The SMILES string of the molecule is CC(=O)Nc1ccc(OCCCCCOCCOCCNc2ccc(-c3ccc4c(c3)CC(=O)N4)c(C)n2)cc1. The van der Waals surface area contributed by atoms with E-state index in [-0.39, 0.29) is 11.8 Å². The molecule has 0 saturated carbocycles. The number of aryl methyl sites for hydroxylation is 1. The van der Waals surface area contributed by atoms with Gasteiger partial charge in [-0.25, -0.2) is 4.98 Å². The lowest BCUT2D eigenvalue weighted by Crippen LogP contribution is -2.13. The molecule has 0 saturated heterocycles. The first-order chi connectivity index (χ1) is 19.5. The molecular formula is C31H38N4O5. The van der Waals surface area contributed by atoms with Crippen LogP contribution in [0.5, 0.6) is 5.75 Å². The number of carbonyl (C=O) groups excluding carboxylic acids is 2. The van der Waals surface area contributed by atoms with E-state index in [1.54, 1.807) is 0 Å². The number of hydrogen-bond donors (Lipinski definition) is 3. The van der Waals surface area contributed by atoms with Gasteiger partial charge in [0.2, 0.25) is 11.8 Å². The van der Waals surface area contributed by atoms with Gasteiger partial charge in [0, 0.05) is 42.7 Å². The van der Waals surface area contributed by atoms with Crippen LogP contribution in [0.3, 0.4) is 0 Å². The first-order valence-electron chi connectivity index (χ1n) is 13.8. The third-order valence-electron chi connectivity index (χ3n) is 6.43. The summed E-state index contributed by atoms with van der Waals surface area (Å²) in [5.41, 5.74) is 5.74. The van der Waals surface area contributed by atoms with Gasteiger partial charge in [0.05, 0.1) is 32.8 Å². The molecule has 2 aromatic carbocycles. The van der Waals surface area contributed by atoms with Gasteiger partial charge in [0.1, 0.15) is 11.6 Å². The van der Waals surface area contributed by atoms with Crippen LogP contribution < -0.4 is 20.7 Å². The van der Waals surface area contributed by atoms with E-state index in [0.717, 1.165) is 64.6 Å². The van der Waals surface area contributed by atoms with E-state index in [1.165, 1.54) is 6.92 Å². The van der Waals surface area contributed by atoms with Gasteiger partial charge in [-0.05, 0) is 85.8 Å². The third-order valence-corrected chi connectivity index (χ3v) is 6.43. The molecular weight excluding hydrogens is 508 g/mol. The predicted octanol–water partition coefficient (Wildman–Crippen LogP) is 5.20. The van der Waals surface area contributed by atoms with E-state index in [9.17, 15) is 9.59 Å². The number of nitrogens with one attached hydrogen (secondary N) is 3. The van der Waals surface area contributed by atoms with Gasteiger partial charge in [0.25, 0.3) is 0 Å². The largest absolute Gasteiger partial charge is 0.494 e. The summed E-state index contributed by atoms with van der Waals surface area (Å²) in [6.45, 7) is 7.20. The molecule has 1 aliphatic rings. The van der Waals surface area contributed by atoms with E-state index in [0.29, 0.717) is 46.0 Å². The lowest BCUT2D eigenvalue weighted by molar-refractivity contribution is -0.115. The Hall–Kier alpha value is -3.95. The molecule has 0 bridgehead atoms. The highest BCUT2D eigenvalue weighted by molar-refractivity contribution is 5.99. The van der Waals surface area contributed by atoms with Gasteiger partial charge in [-0.15, -0.1) is 0 Å². The molecule has 4 rings (SSSR count). The van der Waals surface area contributed by atoms with Crippen LogP contribution >= 0.6 is 0 Å². The fourth-order valence-electron chi connectivity index (χ4n) is 4.45. The quantitative estimate of drug-likeness (QED) is 0.212. The van der Waals surface area contributed by atoms with Gasteiger partial charge in [-0.1, -0.05) is 6.07 Å². The summed E-state index contributed by atoms with van der Waals surface area (Å²) < 4.78 is 17.1. The summed E-state index contributed by atoms with van der Waals surface area (Å²) in [4.78, 5) is 27.4. The minimum atomic E-state index is -0.0867. The fourth-order valence-corrected chi connectivity index (χ4v) is 4.45. The average Bonchev–Trinajstić information content (AvgIpc) is 3.31. The van der Waals surface area contributed by atoms with Crippen molar-refractivity contribution in [3.05, 3.63) is 65.9 Å². The maximum absolute atomic E-state index is 11.6. The number of aromatic nitrogens is 1. The molecule has 212 valence electrons. The second-order valence-electron chi connectivity index (χ2n) is 9.69. The van der Waals surface area contributed by atoms with Crippen molar-refractivity contribution < 1.29 is 23.8 Å². The summed E-state index contributed by atoms with van der Waals surface area (Å²) in [5.74, 6) is 1.56. The van der Waals surface area contributed by atoms with Crippen molar-refractivity contribution in [2.45, 2.75) is 39.5 Å². The van der Waals surface area contributed by atoms with E-state index < -0.39 is 0 Å². The molecule has 0 fully saturated rings. The van der Waals surface area contributed by atoms with Gasteiger partial charge in [0.15, 0.2) is 0 Å². The zero-order valence-corrected chi connectivity index (χ0v) is 23.3. The zero-order valence-electron chi connectivity index (χ0n) is 23.3. The first kappa shape index (κ1) is 29.0. The van der Waals surface area contributed by atoms with Crippen LogP contribution in [0.1, 0.15) is 37.4 Å². The van der Waals surface area contributed by atoms with Crippen LogP contribution in [0.25, 0.3) is 11.1 Å². The number of benzene rings is 2. The van der Waals surface area contributed by atoms with Crippen LogP contribution in [-0.2, 0) is 25.5 Å². The minimum Gasteiger partial charge on any atom is -0.494 e. The molecule has 0 radical (unpaired) electrons. The van der Waals surface area contributed by atoms with E-state index in [1.807, 2.05) is 49.4 Å². The smallest absolute Gasteiger partial charge is 0.228 e. The molecule has 3 N–H and O–H groups in total. The predicted molar refractivity (Wildman–Crippen MR) is 157 cm³/mol. The van der Waals surface area contributed by atoms with Crippen LogP contribution in [-0.4, -0.2) is 56.4 Å². The van der Waals surface area contributed by atoms with Crippen molar-refractivity contribution in [2.24, 2.45) is 0 Å². The maximum atomic E-state index is 11.6. The van der Waals surface area contributed by atoms with Crippen molar-refractivity contribution in [1.82, 2.24) is 4.98 Å². The molecule has 1 aliphatic heterocycles. The number of anilines is 3. The molecule has 3 aromatic rings. The van der Waals surface area contributed by atoms with Crippen LogP contribution in [0.4, 0.5) is 17.2 Å². The van der Waals surface area contributed by atoms with E-state index >= 15 is 0 Å². The molecule has 9 nitrogen and oxygen atoms in total. The first-order valence-corrected chi connectivity index (χ1v) is 13.8. The van der Waals surface area contributed by atoms with Crippen LogP contribution in [0.15, 0.2) is 54.6 Å². The lowest BCUT2D eigenvalue weighted by atomic mass is 10.0. The minimum absolute atomic E-state index is 0.0399. The van der Waals surface area contributed by atoms with Crippen molar-refractivity contribution in [3.8, 4) is 16.9 Å². The van der Waals surface area contributed by atoms with Crippen LogP contribution in [0.2, 0.25) is 0 Å². The number of carbonyl (C=O) groups is 2. The Labute approximate surface area is 235 Å². The Balaban J connectivity index is 1.00. The van der Waals surface area contributed by atoms with Gasteiger partial charge >= 0.3 is 0 Å². The number of amides is 2. The summed E-state index contributed by atoms with van der Waals surface area (Å²) in [6.07, 6.45) is 3.40. The highest BCUT2D eigenvalue weighted by atomic mass is 16.5. The van der Waals surface area contributed by atoms with Crippen molar-refractivity contribution in [3.63, 3.8) is 0 Å². The topological polar surface area (TPSA) is 111 Å². The normalized spacial score (nSPS) is 12.1. The van der Waals surface area contributed by atoms with Gasteiger partial charge in [-0.2, -0.15) is 0 Å². The second kappa shape index (κ2) is 15.0. The maximum Gasteiger partial charge on any atom is 0.228 e. The molecule has 9 heteroatoms. The number of ether oxygens (including phenoxy) is 3. The molecule has 1 aromatic heterocycles. The number of rotatable bonds is 16. The molecule has 40 heavy (non-hydrogen) atoms. The molecule has 0 unspecified atom stereocenters. The highest BCUT2D eigenvalue weighted by Crippen LogP contribution is 2.30. The summed E-state index contributed by atoms with van der Waals surface area (Å²) in [5, 5.41) is 8.91. The molecule has 0 spiro atoms. The number of hydrogen-bond acceptors (Lipinski definition) is 7. The highest BCUT2D eigenvalue weighted by Gasteiger charge is 2.18. The Morgan fingerprint density at radius 1 is 0.925 bits per heavy atom. The molecule has 2 amide bonds. The van der Waals surface area contributed by atoms with Crippen molar-refractivity contribution in [1.29, 1.82) is 0 Å². The van der Waals surface area contributed by atoms with Gasteiger partial charge < -0.3 is 30.2 Å². The molecule has 2 heterocycles. The van der Waals surface area contributed by atoms with Gasteiger partial charge in [-0.3, -0.25) is 9.59 Å².